The van der Waals surface area contributed by atoms with Crippen LogP contribution in [0.15, 0.2) is 36.5 Å². The van der Waals surface area contributed by atoms with Crippen LogP contribution in [0.1, 0.15) is 16.8 Å². The summed E-state index contributed by atoms with van der Waals surface area (Å²) in [5, 5.41) is 8.00. The van der Waals surface area contributed by atoms with E-state index in [-0.39, 0.29) is 11.8 Å². The zero-order valence-corrected chi connectivity index (χ0v) is 16.3. The normalized spacial score (nSPS) is 19.0. The Balaban J connectivity index is 1.28. The number of fused-ring (bicyclic) bond motifs is 3. The van der Waals surface area contributed by atoms with Gasteiger partial charge in [0.25, 0.3) is 0 Å². The minimum Gasteiger partial charge on any atom is -0.354 e. The van der Waals surface area contributed by atoms with Crippen molar-refractivity contribution in [3.05, 3.63) is 53.3 Å². The molecule has 3 aliphatic rings. The van der Waals surface area contributed by atoms with E-state index in [1.54, 1.807) is 0 Å². The molecule has 3 aromatic rings. The maximum atomic E-state index is 13.2. The van der Waals surface area contributed by atoms with Gasteiger partial charge in [0.05, 0.1) is 17.8 Å². The van der Waals surface area contributed by atoms with E-state index in [1.165, 1.54) is 16.8 Å². The number of amides is 1. The summed E-state index contributed by atoms with van der Waals surface area (Å²) < 4.78 is 1.95. The molecule has 29 heavy (non-hydrogen) atoms. The molecule has 3 aliphatic heterocycles. The second-order valence-corrected chi connectivity index (χ2v) is 8.18. The first-order valence-electron chi connectivity index (χ1n) is 10.5. The number of hydrogen-bond acceptors (Lipinski definition) is 5. The number of carbonyl (C=O) groups excluding carboxylic acids is 1. The molecule has 148 valence electrons. The van der Waals surface area contributed by atoms with Crippen molar-refractivity contribution >= 4 is 23.1 Å². The molecule has 0 aliphatic carbocycles. The highest BCUT2D eigenvalue weighted by Gasteiger charge is 2.39. The number of hydrogen-bond donors (Lipinski definition) is 1. The standard InChI is InChI=1S/C22H24N6O/c29-22(27-12-8-15-3-1-2-4-19(15)27)16-13-26(14-16)21-17-5-9-23-10-6-18(17)25-20-7-11-24-28(20)21/h1-4,7,11,16,23H,5-6,8-10,12-14H2. The third-order valence-corrected chi connectivity index (χ3v) is 6.47. The zero-order valence-electron chi connectivity index (χ0n) is 16.3. The largest absolute Gasteiger partial charge is 0.354 e. The molecule has 2 aromatic heterocycles. The molecule has 6 rings (SSSR count). The lowest BCUT2D eigenvalue weighted by atomic mass is 9.96. The van der Waals surface area contributed by atoms with E-state index in [2.05, 4.69) is 33.5 Å². The molecule has 7 heteroatoms. The van der Waals surface area contributed by atoms with Crippen molar-refractivity contribution in [2.75, 3.05) is 42.5 Å². The topological polar surface area (TPSA) is 65.8 Å². The summed E-state index contributed by atoms with van der Waals surface area (Å²) in [6.07, 6.45) is 4.65. The van der Waals surface area contributed by atoms with E-state index >= 15 is 0 Å². The van der Waals surface area contributed by atoms with Gasteiger partial charge in [-0.2, -0.15) is 9.61 Å². The Labute approximate surface area is 169 Å². The monoisotopic (exact) mass is 388 g/mol. The molecule has 0 saturated carbocycles. The van der Waals surface area contributed by atoms with E-state index in [0.29, 0.717) is 0 Å². The first-order chi connectivity index (χ1) is 14.3. The third-order valence-electron chi connectivity index (χ3n) is 6.47. The van der Waals surface area contributed by atoms with Crippen LogP contribution in [0.5, 0.6) is 0 Å². The Hall–Kier alpha value is -2.93. The van der Waals surface area contributed by atoms with Gasteiger partial charge in [0.2, 0.25) is 5.91 Å². The summed E-state index contributed by atoms with van der Waals surface area (Å²) in [4.78, 5) is 22.3. The molecule has 1 aromatic carbocycles. The van der Waals surface area contributed by atoms with E-state index < -0.39 is 0 Å². The summed E-state index contributed by atoms with van der Waals surface area (Å²) in [7, 11) is 0. The fraction of sp³-hybridized carbons (Fsp3) is 0.409. The molecular formula is C22H24N6O. The Kier molecular flexibility index (Phi) is 3.84. The average molecular weight is 388 g/mol. The number of carbonyl (C=O) groups is 1. The summed E-state index contributed by atoms with van der Waals surface area (Å²) >= 11 is 0. The van der Waals surface area contributed by atoms with Crippen LogP contribution in [-0.4, -0.2) is 53.2 Å². The Morgan fingerprint density at radius 1 is 1.07 bits per heavy atom. The lowest BCUT2D eigenvalue weighted by Gasteiger charge is -2.42. The Bertz CT molecular complexity index is 1100. The van der Waals surface area contributed by atoms with Crippen LogP contribution < -0.4 is 15.1 Å². The second kappa shape index (κ2) is 6.56. The SMILES string of the molecule is O=C(C1CN(c2c3c(nc4ccnn24)CCNCC3)C1)N1CCc2ccccc21. The van der Waals surface area contributed by atoms with Crippen LogP contribution in [0.4, 0.5) is 11.5 Å². The van der Waals surface area contributed by atoms with Gasteiger partial charge in [-0.05, 0) is 31.0 Å². The summed E-state index contributed by atoms with van der Waals surface area (Å²) in [5.41, 5.74) is 5.71. The van der Waals surface area contributed by atoms with Crippen LogP contribution in [0.25, 0.3) is 5.65 Å². The highest BCUT2D eigenvalue weighted by Crippen LogP contribution is 2.34. The molecule has 0 spiro atoms. The van der Waals surface area contributed by atoms with E-state index in [9.17, 15) is 4.79 Å². The minimum absolute atomic E-state index is 0.0412. The van der Waals surface area contributed by atoms with Gasteiger partial charge in [-0.1, -0.05) is 18.2 Å². The fourth-order valence-electron chi connectivity index (χ4n) is 4.94. The van der Waals surface area contributed by atoms with Crippen LogP contribution >= 0.6 is 0 Å². The smallest absolute Gasteiger partial charge is 0.233 e. The summed E-state index contributed by atoms with van der Waals surface area (Å²) in [6, 6.07) is 10.2. The molecule has 1 N–H and O–H groups in total. The summed E-state index contributed by atoms with van der Waals surface area (Å²) in [5.74, 6) is 1.42. The molecule has 0 unspecified atom stereocenters. The van der Waals surface area contributed by atoms with Gasteiger partial charge in [-0.15, -0.1) is 0 Å². The van der Waals surface area contributed by atoms with Crippen molar-refractivity contribution in [1.29, 1.82) is 0 Å². The number of aromatic nitrogens is 3. The minimum atomic E-state index is 0.0412. The van der Waals surface area contributed by atoms with Crippen LogP contribution in [0, 0.1) is 5.92 Å². The molecule has 1 saturated heterocycles. The van der Waals surface area contributed by atoms with E-state index in [0.717, 1.165) is 69.1 Å². The molecule has 7 nitrogen and oxygen atoms in total. The predicted molar refractivity (Wildman–Crippen MR) is 111 cm³/mol. The predicted octanol–water partition coefficient (Wildman–Crippen LogP) is 1.44. The van der Waals surface area contributed by atoms with Gasteiger partial charge in [0, 0.05) is 49.9 Å². The van der Waals surface area contributed by atoms with Gasteiger partial charge >= 0.3 is 0 Å². The molecule has 0 atom stereocenters. The first kappa shape index (κ1) is 17.0. The zero-order chi connectivity index (χ0) is 19.4. The van der Waals surface area contributed by atoms with Crippen LogP contribution in [0.2, 0.25) is 0 Å². The number of rotatable bonds is 2. The number of anilines is 2. The lowest BCUT2D eigenvalue weighted by Crippen LogP contribution is -2.55. The van der Waals surface area contributed by atoms with Crippen LogP contribution in [-0.2, 0) is 24.1 Å². The highest BCUT2D eigenvalue weighted by atomic mass is 16.2. The Morgan fingerprint density at radius 3 is 2.86 bits per heavy atom. The molecule has 5 heterocycles. The highest BCUT2D eigenvalue weighted by molar-refractivity contribution is 5.98. The number of benzene rings is 1. The first-order valence-corrected chi connectivity index (χ1v) is 10.5. The molecular weight excluding hydrogens is 364 g/mol. The molecule has 1 fully saturated rings. The number of para-hydroxylation sites is 1. The van der Waals surface area contributed by atoms with E-state index in [1.807, 2.05) is 27.7 Å². The van der Waals surface area contributed by atoms with Crippen molar-refractivity contribution in [1.82, 2.24) is 19.9 Å². The second-order valence-electron chi connectivity index (χ2n) is 8.18. The Morgan fingerprint density at radius 2 is 1.93 bits per heavy atom. The van der Waals surface area contributed by atoms with E-state index in [4.69, 9.17) is 4.98 Å². The molecule has 0 radical (unpaired) electrons. The van der Waals surface area contributed by atoms with Crippen molar-refractivity contribution in [2.24, 2.45) is 5.92 Å². The quantitative estimate of drug-likeness (QED) is 0.720. The number of nitrogens with zero attached hydrogens (tertiary/aromatic N) is 5. The van der Waals surface area contributed by atoms with Crippen molar-refractivity contribution in [3.8, 4) is 0 Å². The fourth-order valence-corrected chi connectivity index (χ4v) is 4.94. The van der Waals surface area contributed by atoms with Gasteiger partial charge in [0.1, 0.15) is 5.82 Å². The average Bonchev–Trinajstić information content (AvgIpc) is 3.27. The van der Waals surface area contributed by atoms with Crippen molar-refractivity contribution in [3.63, 3.8) is 0 Å². The van der Waals surface area contributed by atoms with Gasteiger partial charge in [-0.25, -0.2) is 4.98 Å². The molecule has 0 bridgehead atoms. The number of nitrogens with one attached hydrogen (secondary N) is 1. The van der Waals surface area contributed by atoms with Gasteiger partial charge < -0.3 is 15.1 Å². The van der Waals surface area contributed by atoms with Gasteiger partial charge in [0.15, 0.2) is 5.65 Å². The maximum Gasteiger partial charge on any atom is 0.233 e. The maximum absolute atomic E-state index is 13.2. The summed E-state index contributed by atoms with van der Waals surface area (Å²) in [6.45, 7) is 4.20. The van der Waals surface area contributed by atoms with Crippen molar-refractivity contribution < 1.29 is 4.79 Å². The van der Waals surface area contributed by atoms with Gasteiger partial charge in [-0.3, -0.25) is 4.79 Å². The molecule has 1 amide bonds. The third kappa shape index (κ3) is 2.64. The van der Waals surface area contributed by atoms with Crippen molar-refractivity contribution in [2.45, 2.75) is 19.3 Å². The van der Waals surface area contributed by atoms with Crippen LogP contribution in [0.3, 0.4) is 0 Å². The lowest BCUT2D eigenvalue weighted by molar-refractivity contribution is -0.123.